The molecule has 8 nitrogen and oxygen atoms in total. The van der Waals surface area contributed by atoms with E-state index in [1.54, 1.807) is 19.2 Å². The second-order valence-electron chi connectivity index (χ2n) is 5.11. The van der Waals surface area contributed by atoms with Crippen LogP contribution < -0.4 is 20.1 Å². The lowest BCUT2D eigenvalue weighted by Gasteiger charge is -2.10. The van der Waals surface area contributed by atoms with Crippen molar-refractivity contribution in [2.75, 3.05) is 19.2 Å². The van der Waals surface area contributed by atoms with Gasteiger partial charge in [-0.05, 0) is 23.8 Å². The Balaban J connectivity index is 1.75. The number of hydrogen-bond acceptors (Lipinski definition) is 6. The summed E-state index contributed by atoms with van der Waals surface area (Å²) >= 11 is 0. The highest BCUT2D eigenvalue weighted by molar-refractivity contribution is 6.00. The van der Waals surface area contributed by atoms with E-state index >= 15 is 0 Å². The summed E-state index contributed by atoms with van der Waals surface area (Å²) in [4.78, 5) is 22.7. The lowest BCUT2D eigenvalue weighted by Crippen LogP contribution is -2.23. The van der Waals surface area contributed by atoms with Gasteiger partial charge in [-0.1, -0.05) is 6.07 Å². The van der Waals surface area contributed by atoms with Crippen LogP contribution in [0.2, 0.25) is 0 Å². The molecule has 0 aromatic heterocycles. The Bertz CT molecular complexity index is 806. The molecule has 1 amide bonds. The molecule has 0 aliphatic carbocycles. The standard InChI is InChI=1S/C16H15N3O5/c1-17-13-4-3-11(19(21)22)7-12(13)16(20)18-8-10-2-5-14-15(6-10)24-9-23-14/h2-7,17H,8-9H2,1H3,(H,18,20). The van der Waals surface area contributed by atoms with E-state index in [1.807, 2.05) is 6.07 Å². The summed E-state index contributed by atoms with van der Waals surface area (Å²) in [6.07, 6.45) is 0. The quantitative estimate of drug-likeness (QED) is 0.644. The Labute approximate surface area is 137 Å². The van der Waals surface area contributed by atoms with E-state index in [9.17, 15) is 14.9 Å². The highest BCUT2D eigenvalue weighted by atomic mass is 16.7. The van der Waals surface area contributed by atoms with Crippen LogP contribution in [0.25, 0.3) is 0 Å². The van der Waals surface area contributed by atoms with Gasteiger partial charge >= 0.3 is 0 Å². The number of anilines is 1. The number of ether oxygens (including phenoxy) is 2. The van der Waals surface area contributed by atoms with Crippen LogP contribution >= 0.6 is 0 Å². The maximum atomic E-state index is 12.4. The minimum atomic E-state index is -0.534. The first-order chi connectivity index (χ1) is 11.6. The molecule has 3 rings (SSSR count). The average molecular weight is 329 g/mol. The molecule has 24 heavy (non-hydrogen) atoms. The van der Waals surface area contributed by atoms with Gasteiger partial charge in [0.2, 0.25) is 6.79 Å². The van der Waals surface area contributed by atoms with Crippen molar-refractivity contribution >= 4 is 17.3 Å². The fourth-order valence-corrected chi connectivity index (χ4v) is 2.38. The Morgan fingerprint density at radius 2 is 2.00 bits per heavy atom. The van der Waals surface area contributed by atoms with Gasteiger partial charge in [-0.3, -0.25) is 14.9 Å². The van der Waals surface area contributed by atoms with Gasteiger partial charge in [-0.25, -0.2) is 0 Å². The Morgan fingerprint density at radius 1 is 1.21 bits per heavy atom. The molecule has 2 N–H and O–H groups in total. The van der Waals surface area contributed by atoms with Gasteiger partial charge in [0, 0.05) is 31.4 Å². The Kier molecular flexibility index (Phi) is 4.19. The maximum absolute atomic E-state index is 12.4. The molecule has 0 saturated heterocycles. The molecule has 1 aliphatic rings. The highest BCUT2D eigenvalue weighted by Gasteiger charge is 2.17. The van der Waals surface area contributed by atoms with E-state index < -0.39 is 10.8 Å². The molecule has 2 aromatic carbocycles. The normalized spacial score (nSPS) is 11.9. The number of nitrogens with zero attached hydrogens (tertiary/aromatic N) is 1. The van der Waals surface area contributed by atoms with Gasteiger partial charge in [0.05, 0.1) is 10.5 Å². The fourth-order valence-electron chi connectivity index (χ4n) is 2.38. The van der Waals surface area contributed by atoms with Crippen LogP contribution in [0.5, 0.6) is 11.5 Å². The monoisotopic (exact) mass is 329 g/mol. The highest BCUT2D eigenvalue weighted by Crippen LogP contribution is 2.32. The number of nitrogens with one attached hydrogen (secondary N) is 2. The van der Waals surface area contributed by atoms with Gasteiger partial charge < -0.3 is 20.1 Å². The molecular weight excluding hydrogens is 314 g/mol. The maximum Gasteiger partial charge on any atom is 0.270 e. The number of nitro benzene ring substituents is 1. The van der Waals surface area contributed by atoms with Gasteiger partial charge in [0.25, 0.3) is 11.6 Å². The Morgan fingerprint density at radius 3 is 2.75 bits per heavy atom. The summed E-state index contributed by atoms with van der Waals surface area (Å²) in [7, 11) is 1.65. The summed E-state index contributed by atoms with van der Waals surface area (Å²) in [5.41, 5.74) is 1.43. The minimum Gasteiger partial charge on any atom is -0.454 e. The third-order valence-corrected chi connectivity index (χ3v) is 3.62. The first-order valence-electron chi connectivity index (χ1n) is 7.21. The van der Waals surface area contributed by atoms with Gasteiger partial charge in [-0.15, -0.1) is 0 Å². The molecule has 0 spiro atoms. The molecule has 0 atom stereocenters. The van der Waals surface area contributed by atoms with Gasteiger partial charge in [-0.2, -0.15) is 0 Å². The molecule has 0 radical (unpaired) electrons. The zero-order valence-corrected chi connectivity index (χ0v) is 12.9. The number of fused-ring (bicyclic) bond motifs is 1. The van der Waals surface area contributed by atoms with Crippen molar-refractivity contribution in [3.8, 4) is 11.5 Å². The van der Waals surface area contributed by atoms with E-state index in [1.165, 1.54) is 18.2 Å². The van der Waals surface area contributed by atoms with Crippen LogP contribution in [0.15, 0.2) is 36.4 Å². The third kappa shape index (κ3) is 3.07. The largest absolute Gasteiger partial charge is 0.454 e. The van der Waals surface area contributed by atoms with Crippen molar-refractivity contribution in [3.63, 3.8) is 0 Å². The van der Waals surface area contributed by atoms with Crippen LogP contribution in [0, 0.1) is 10.1 Å². The van der Waals surface area contributed by atoms with Crippen molar-refractivity contribution in [3.05, 3.63) is 57.6 Å². The number of carbonyl (C=O) groups excluding carboxylic acids is 1. The number of benzene rings is 2. The topological polar surface area (TPSA) is 103 Å². The lowest BCUT2D eigenvalue weighted by molar-refractivity contribution is -0.384. The average Bonchev–Trinajstić information content (AvgIpc) is 3.06. The van der Waals surface area contributed by atoms with Crippen LogP contribution in [-0.2, 0) is 6.54 Å². The second kappa shape index (κ2) is 6.45. The van der Waals surface area contributed by atoms with Crippen molar-refractivity contribution in [1.29, 1.82) is 0 Å². The molecule has 0 saturated carbocycles. The van der Waals surface area contributed by atoms with E-state index in [2.05, 4.69) is 10.6 Å². The zero-order chi connectivity index (χ0) is 17.1. The number of hydrogen-bond donors (Lipinski definition) is 2. The van der Waals surface area contributed by atoms with Crippen molar-refractivity contribution in [1.82, 2.24) is 5.32 Å². The number of non-ortho nitro benzene ring substituents is 1. The van der Waals surface area contributed by atoms with Crippen LogP contribution in [-0.4, -0.2) is 24.7 Å². The summed E-state index contributed by atoms with van der Waals surface area (Å²) in [6, 6.07) is 9.49. The number of nitro groups is 1. The third-order valence-electron chi connectivity index (χ3n) is 3.62. The molecule has 0 bridgehead atoms. The summed E-state index contributed by atoms with van der Waals surface area (Å²) < 4.78 is 10.5. The van der Waals surface area contributed by atoms with Crippen LogP contribution in [0.1, 0.15) is 15.9 Å². The summed E-state index contributed by atoms with van der Waals surface area (Å²) in [6.45, 7) is 0.450. The van der Waals surface area contributed by atoms with Crippen molar-refractivity contribution < 1.29 is 19.2 Å². The minimum absolute atomic E-state index is 0.137. The summed E-state index contributed by atoms with van der Waals surface area (Å²) in [5.74, 6) is 0.898. The number of carbonyl (C=O) groups is 1. The van der Waals surface area contributed by atoms with Crippen molar-refractivity contribution in [2.45, 2.75) is 6.54 Å². The van der Waals surface area contributed by atoms with Crippen molar-refractivity contribution in [2.24, 2.45) is 0 Å². The molecule has 8 heteroatoms. The fraction of sp³-hybridized carbons (Fsp3) is 0.188. The molecular formula is C16H15N3O5. The van der Waals surface area contributed by atoms with E-state index in [0.717, 1.165) is 5.56 Å². The SMILES string of the molecule is CNc1ccc([N+](=O)[O-])cc1C(=O)NCc1ccc2c(c1)OCO2. The van der Waals surface area contributed by atoms with Crippen LogP contribution in [0.4, 0.5) is 11.4 Å². The van der Waals surface area contributed by atoms with E-state index in [0.29, 0.717) is 17.2 Å². The van der Waals surface area contributed by atoms with Crippen LogP contribution in [0.3, 0.4) is 0 Å². The molecule has 0 fully saturated rings. The predicted octanol–water partition coefficient (Wildman–Crippen LogP) is 2.30. The van der Waals surface area contributed by atoms with E-state index in [-0.39, 0.29) is 24.6 Å². The molecule has 2 aromatic rings. The predicted molar refractivity (Wildman–Crippen MR) is 86.4 cm³/mol. The van der Waals surface area contributed by atoms with Gasteiger partial charge in [0.15, 0.2) is 11.5 Å². The molecule has 1 heterocycles. The molecule has 124 valence electrons. The zero-order valence-electron chi connectivity index (χ0n) is 12.9. The smallest absolute Gasteiger partial charge is 0.270 e. The molecule has 1 aliphatic heterocycles. The van der Waals surface area contributed by atoms with E-state index in [4.69, 9.17) is 9.47 Å². The first kappa shape index (κ1) is 15.6. The number of rotatable bonds is 5. The second-order valence-corrected chi connectivity index (χ2v) is 5.11. The molecule has 0 unspecified atom stereocenters. The van der Waals surface area contributed by atoms with Gasteiger partial charge in [0.1, 0.15) is 0 Å². The summed E-state index contributed by atoms with van der Waals surface area (Å²) in [5, 5.41) is 16.5. The number of amides is 1. The Hall–Kier alpha value is -3.29. The lowest BCUT2D eigenvalue weighted by atomic mass is 10.1. The first-order valence-corrected chi connectivity index (χ1v) is 7.21.